The van der Waals surface area contributed by atoms with E-state index in [1.165, 1.54) is 11.8 Å². The van der Waals surface area contributed by atoms with E-state index in [0.29, 0.717) is 18.8 Å². The number of carbonyl (C=O) groups excluding carboxylic acids is 1. The zero-order valence-electron chi connectivity index (χ0n) is 15.2. The molecule has 1 aromatic carbocycles. The molecular formula is C19H23N3O3S. The zero-order valence-corrected chi connectivity index (χ0v) is 16.0. The average molecular weight is 373 g/mol. The Morgan fingerprint density at radius 2 is 1.85 bits per heavy atom. The van der Waals surface area contributed by atoms with Crippen LogP contribution in [0.5, 0.6) is 5.75 Å². The number of benzene rings is 1. The van der Waals surface area contributed by atoms with Gasteiger partial charge in [-0.3, -0.25) is 4.79 Å². The molecule has 2 atom stereocenters. The Labute approximate surface area is 157 Å². The highest BCUT2D eigenvalue weighted by atomic mass is 32.2. The van der Waals surface area contributed by atoms with Gasteiger partial charge in [-0.15, -0.1) is 10.2 Å². The van der Waals surface area contributed by atoms with Crippen LogP contribution < -0.4 is 4.74 Å². The smallest absolute Gasteiger partial charge is 0.233 e. The Morgan fingerprint density at radius 1 is 1.15 bits per heavy atom. The zero-order chi connectivity index (χ0) is 18.5. The van der Waals surface area contributed by atoms with Gasteiger partial charge in [0, 0.05) is 18.7 Å². The van der Waals surface area contributed by atoms with E-state index in [-0.39, 0.29) is 18.1 Å². The number of ether oxygens (including phenoxy) is 2. The molecule has 2 unspecified atom stereocenters. The first-order valence-electron chi connectivity index (χ1n) is 8.59. The van der Waals surface area contributed by atoms with Gasteiger partial charge in [0.15, 0.2) is 0 Å². The van der Waals surface area contributed by atoms with Crippen LogP contribution in [-0.4, -0.2) is 59.2 Å². The molecule has 1 amide bonds. The molecule has 7 heteroatoms. The lowest BCUT2D eigenvalue weighted by Gasteiger charge is -2.35. The standard InChI is InChI=1S/C19H23N3O3S/c1-13-10-22(11-14(2)25-13)19(23)12-26-18-9-8-17(20-21-18)15-4-6-16(24-3)7-5-15/h4-9,13-14H,10-12H2,1-3H3. The summed E-state index contributed by atoms with van der Waals surface area (Å²) in [6.45, 7) is 5.27. The number of thioether (sulfide) groups is 1. The van der Waals surface area contributed by atoms with Gasteiger partial charge in [-0.05, 0) is 50.2 Å². The highest BCUT2D eigenvalue weighted by Gasteiger charge is 2.25. The van der Waals surface area contributed by atoms with Gasteiger partial charge in [0.2, 0.25) is 5.91 Å². The van der Waals surface area contributed by atoms with E-state index in [1.54, 1.807) is 7.11 Å². The quantitative estimate of drug-likeness (QED) is 0.751. The summed E-state index contributed by atoms with van der Waals surface area (Å²) in [6.07, 6.45) is 0.160. The lowest BCUT2D eigenvalue weighted by atomic mass is 10.1. The molecule has 0 radical (unpaired) electrons. The molecule has 0 bridgehead atoms. The second kappa shape index (κ2) is 8.51. The fourth-order valence-electron chi connectivity index (χ4n) is 2.92. The van der Waals surface area contributed by atoms with Crippen molar-refractivity contribution in [1.82, 2.24) is 15.1 Å². The monoisotopic (exact) mass is 373 g/mol. The fraction of sp³-hybridized carbons (Fsp3) is 0.421. The lowest BCUT2D eigenvalue weighted by molar-refractivity contribution is -0.140. The molecule has 1 aromatic heterocycles. The largest absolute Gasteiger partial charge is 0.497 e. The van der Waals surface area contributed by atoms with Crippen LogP contribution in [0.25, 0.3) is 11.3 Å². The number of morpholine rings is 1. The van der Waals surface area contributed by atoms with Gasteiger partial charge in [0.05, 0.1) is 30.8 Å². The molecular weight excluding hydrogens is 350 g/mol. The van der Waals surface area contributed by atoms with Crippen molar-refractivity contribution in [2.24, 2.45) is 0 Å². The number of hydrogen-bond donors (Lipinski definition) is 0. The molecule has 0 spiro atoms. The average Bonchev–Trinajstić information content (AvgIpc) is 2.66. The third-order valence-corrected chi connectivity index (χ3v) is 5.05. The summed E-state index contributed by atoms with van der Waals surface area (Å²) in [5, 5.41) is 9.23. The molecule has 6 nitrogen and oxygen atoms in total. The van der Waals surface area contributed by atoms with Gasteiger partial charge in [-0.25, -0.2) is 0 Å². The van der Waals surface area contributed by atoms with Gasteiger partial charge < -0.3 is 14.4 Å². The van der Waals surface area contributed by atoms with E-state index >= 15 is 0 Å². The first-order chi connectivity index (χ1) is 12.5. The maximum atomic E-state index is 12.4. The molecule has 1 aliphatic rings. The minimum atomic E-state index is 0.0799. The minimum Gasteiger partial charge on any atom is -0.497 e. The maximum Gasteiger partial charge on any atom is 0.233 e. The summed E-state index contributed by atoms with van der Waals surface area (Å²) in [4.78, 5) is 14.3. The lowest BCUT2D eigenvalue weighted by Crippen LogP contribution is -2.48. The third-order valence-electron chi connectivity index (χ3n) is 4.14. The van der Waals surface area contributed by atoms with Crippen molar-refractivity contribution in [3.8, 4) is 17.0 Å². The predicted molar refractivity (Wildman–Crippen MR) is 101 cm³/mol. The van der Waals surface area contributed by atoms with Crippen molar-refractivity contribution in [3.63, 3.8) is 0 Å². The van der Waals surface area contributed by atoms with Crippen molar-refractivity contribution in [2.75, 3.05) is 26.0 Å². The van der Waals surface area contributed by atoms with Crippen molar-refractivity contribution < 1.29 is 14.3 Å². The van der Waals surface area contributed by atoms with Gasteiger partial charge >= 0.3 is 0 Å². The molecule has 1 saturated heterocycles. The van der Waals surface area contributed by atoms with Gasteiger partial charge in [0.25, 0.3) is 0 Å². The fourth-order valence-corrected chi connectivity index (χ4v) is 3.64. The van der Waals surface area contributed by atoms with Gasteiger partial charge in [-0.1, -0.05) is 11.8 Å². The van der Waals surface area contributed by atoms with Crippen LogP contribution in [0.15, 0.2) is 41.4 Å². The third kappa shape index (κ3) is 4.74. The summed E-state index contributed by atoms with van der Waals surface area (Å²) in [7, 11) is 1.64. The van der Waals surface area contributed by atoms with Crippen molar-refractivity contribution in [2.45, 2.75) is 31.1 Å². The predicted octanol–water partition coefficient (Wildman–Crippen LogP) is 2.88. The molecule has 2 heterocycles. The molecule has 1 aliphatic heterocycles. The summed E-state index contributed by atoms with van der Waals surface area (Å²) >= 11 is 1.41. The summed E-state index contributed by atoms with van der Waals surface area (Å²) in [5.74, 6) is 1.27. The number of rotatable bonds is 5. The van der Waals surface area contributed by atoms with E-state index in [2.05, 4.69) is 10.2 Å². The van der Waals surface area contributed by atoms with Crippen LogP contribution in [0.2, 0.25) is 0 Å². The Balaban J connectivity index is 1.56. The van der Waals surface area contributed by atoms with Crippen LogP contribution in [-0.2, 0) is 9.53 Å². The summed E-state index contributed by atoms with van der Waals surface area (Å²) in [5.41, 5.74) is 1.77. The maximum absolute atomic E-state index is 12.4. The highest BCUT2D eigenvalue weighted by molar-refractivity contribution is 7.99. The number of amides is 1. The van der Waals surface area contributed by atoms with Gasteiger partial charge in [0.1, 0.15) is 10.8 Å². The summed E-state index contributed by atoms with van der Waals surface area (Å²) in [6, 6.07) is 11.5. The summed E-state index contributed by atoms with van der Waals surface area (Å²) < 4.78 is 10.8. The Morgan fingerprint density at radius 3 is 2.42 bits per heavy atom. The first kappa shape index (κ1) is 18.7. The van der Waals surface area contributed by atoms with E-state index in [0.717, 1.165) is 22.0 Å². The van der Waals surface area contributed by atoms with Crippen molar-refractivity contribution in [1.29, 1.82) is 0 Å². The molecule has 0 aliphatic carbocycles. The normalized spacial score (nSPS) is 20.0. The number of hydrogen-bond acceptors (Lipinski definition) is 6. The van der Waals surface area contributed by atoms with E-state index in [9.17, 15) is 4.79 Å². The van der Waals surface area contributed by atoms with Crippen LogP contribution in [0.1, 0.15) is 13.8 Å². The Hall–Kier alpha value is -2.12. The number of methoxy groups -OCH3 is 1. The first-order valence-corrected chi connectivity index (χ1v) is 9.58. The van der Waals surface area contributed by atoms with E-state index in [1.807, 2.05) is 55.1 Å². The van der Waals surface area contributed by atoms with Crippen molar-refractivity contribution >= 4 is 17.7 Å². The molecule has 1 fully saturated rings. The van der Waals surface area contributed by atoms with Crippen LogP contribution in [0.4, 0.5) is 0 Å². The Kier molecular flexibility index (Phi) is 6.11. The molecule has 0 N–H and O–H groups in total. The number of nitrogens with zero attached hydrogens (tertiary/aromatic N) is 3. The number of carbonyl (C=O) groups is 1. The van der Waals surface area contributed by atoms with Crippen LogP contribution >= 0.6 is 11.8 Å². The van der Waals surface area contributed by atoms with Gasteiger partial charge in [-0.2, -0.15) is 0 Å². The molecule has 2 aromatic rings. The second-order valence-electron chi connectivity index (χ2n) is 6.33. The number of aromatic nitrogens is 2. The van der Waals surface area contributed by atoms with Crippen LogP contribution in [0, 0.1) is 0 Å². The van der Waals surface area contributed by atoms with Crippen molar-refractivity contribution in [3.05, 3.63) is 36.4 Å². The molecule has 26 heavy (non-hydrogen) atoms. The molecule has 0 saturated carbocycles. The van der Waals surface area contributed by atoms with E-state index < -0.39 is 0 Å². The molecule has 138 valence electrons. The van der Waals surface area contributed by atoms with Crippen LogP contribution in [0.3, 0.4) is 0 Å². The SMILES string of the molecule is COc1ccc(-c2ccc(SCC(=O)N3CC(C)OC(C)C3)nn2)cc1. The second-order valence-corrected chi connectivity index (χ2v) is 7.33. The van der Waals surface area contributed by atoms with E-state index in [4.69, 9.17) is 9.47 Å². The minimum absolute atomic E-state index is 0.0799. The molecule has 3 rings (SSSR count). The highest BCUT2D eigenvalue weighted by Crippen LogP contribution is 2.22. The Bertz CT molecular complexity index is 727. The topological polar surface area (TPSA) is 64.5 Å².